The molecule has 2 aromatic rings. The lowest BCUT2D eigenvalue weighted by Crippen LogP contribution is -2.53. The van der Waals surface area contributed by atoms with Crippen LogP contribution in [0.1, 0.15) is 106 Å². The second-order valence-electron chi connectivity index (χ2n) is 20.4. The fourth-order valence-electron chi connectivity index (χ4n) is 8.47. The minimum atomic E-state index is -1.38. The number of carbonyl (C=O) groups is 6. The van der Waals surface area contributed by atoms with Crippen LogP contribution in [-0.4, -0.2) is 155 Å². The highest BCUT2D eigenvalue weighted by Crippen LogP contribution is 2.24. The van der Waals surface area contributed by atoms with Crippen molar-refractivity contribution < 1.29 is 57.9 Å². The summed E-state index contributed by atoms with van der Waals surface area (Å²) in [6.07, 6.45) is -3.34. The lowest BCUT2D eigenvalue weighted by molar-refractivity contribution is -0.171. The first-order valence-corrected chi connectivity index (χ1v) is 24.1. The number of phenolic OH excluding ortho intramolecular Hbond substituents is 2. The zero-order valence-corrected chi connectivity index (χ0v) is 43.0. The normalized spacial score (nSPS) is 25.7. The van der Waals surface area contributed by atoms with Crippen molar-refractivity contribution in [1.29, 1.82) is 0 Å². The van der Waals surface area contributed by atoms with Gasteiger partial charge in [0.2, 0.25) is 0 Å². The van der Waals surface area contributed by atoms with Crippen LogP contribution in [0.15, 0.2) is 48.5 Å². The van der Waals surface area contributed by atoms with Gasteiger partial charge >= 0.3 is 23.9 Å². The summed E-state index contributed by atoms with van der Waals surface area (Å²) in [5, 5.41) is 20.0. The Morgan fingerprint density at radius 2 is 0.721 bits per heavy atom. The molecule has 1 fully saturated rings. The van der Waals surface area contributed by atoms with Gasteiger partial charge in [-0.3, -0.25) is 29.0 Å². The Labute approximate surface area is 404 Å². The molecule has 2 N–H and O–H groups in total. The molecule has 0 aliphatic carbocycles. The molecule has 16 nitrogen and oxygen atoms in total. The first-order chi connectivity index (χ1) is 31.8. The Kier molecular flexibility index (Phi) is 22.3. The number of ether oxygens (including phenoxy) is 4. The van der Waals surface area contributed by atoms with Gasteiger partial charge in [0.1, 0.15) is 47.9 Å². The summed E-state index contributed by atoms with van der Waals surface area (Å²) >= 11 is 0. The van der Waals surface area contributed by atoms with E-state index in [1.807, 2.05) is 55.4 Å². The number of aromatic hydroxyl groups is 2. The first-order valence-electron chi connectivity index (χ1n) is 24.1. The Hall–Kier alpha value is -5.22. The van der Waals surface area contributed by atoms with E-state index in [1.165, 1.54) is 48.2 Å². The molecule has 2 amide bonds. The molecule has 16 heteroatoms. The number of likely N-dealkylation sites (N-methyl/N-ethyl adjacent to an activating group) is 4. The monoisotopic (exact) mass is 953 g/mol. The van der Waals surface area contributed by atoms with Gasteiger partial charge in [-0.15, -0.1) is 0 Å². The second kappa shape index (κ2) is 26.5. The van der Waals surface area contributed by atoms with E-state index >= 15 is 0 Å². The van der Waals surface area contributed by atoms with Gasteiger partial charge in [-0.25, -0.2) is 9.59 Å². The van der Waals surface area contributed by atoms with E-state index in [1.54, 1.807) is 62.0 Å². The molecule has 1 aliphatic heterocycles. The van der Waals surface area contributed by atoms with E-state index in [9.17, 15) is 39.0 Å². The highest BCUT2D eigenvalue weighted by molar-refractivity contribution is 5.90. The summed E-state index contributed by atoms with van der Waals surface area (Å²) in [6, 6.07) is 8.48. The average Bonchev–Trinajstić information content (AvgIpc) is 3.24. The van der Waals surface area contributed by atoms with Crippen LogP contribution in [0, 0.1) is 23.7 Å². The molecule has 1 saturated heterocycles. The van der Waals surface area contributed by atoms with Crippen LogP contribution in [0.4, 0.5) is 0 Å². The van der Waals surface area contributed by atoms with Gasteiger partial charge < -0.3 is 39.0 Å². The van der Waals surface area contributed by atoms with Gasteiger partial charge in [0.05, 0.1) is 0 Å². The summed E-state index contributed by atoms with van der Waals surface area (Å²) in [5.74, 6) is -4.07. The van der Waals surface area contributed by atoms with Crippen LogP contribution in [0.5, 0.6) is 11.5 Å². The van der Waals surface area contributed by atoms with Crippen LogP contribution in [0.3, 0.4) is 0 Å². The number of amides is 2. The van der Waals surface area contributed by atoms with Crippen molar-refractivity contribution in [2.24, 2.45) is 23.7 Å². The molecular weight excluding hydrogens is 873 g/mol. The van der Waals surface area contributed by atoms with Gasteiger partial charge in [0.25, 0.3) is 11.8 Å². The third-order valence-electron chi connectivity index (χ3n) is 12.1. The summed E-state index contributed by atoms with van der Waals surface area (Å²) in [5.41, 5.74) is 1.20. The summed E-state index contributed by atoms with van der Waals surface area (Å²) in [7, 11) is 6.37. The zero-order valence-electron chi connectivity index (χ0n) is 43.0. The van der Waals surface area contributed by atoms with Crippen molar-refractivity contribution in [2.75, 3.05) is 41.3 Å². The van der Waals surface area contributed by atoms with Gasteiger partial charge in [-0.2, -0.15) is 0 Å². The van der Waals surface area contributed by atoms with Crippen molar-refractivity contribution in [3.8, 4) is 11.5 Å². The Morgan fingerprint density at radius 1 is 0.456 bits per heavy atom. The number of hydrogen-bond donors (Lipinski definition) is 2. The molecule has 0 unspecified atom stereocenters. The third-order valence-corrected chi connectivity index (χ3v) is 12.1. The molecule has 0 saturated carbocycles. The molecule has 1 heterocycles. The first kappa shape index (κ1) is 57.1. The van der Waals surface area contributed by atoms with Crippen molar-refractivity contribution in [3.05, 3.63) is 59.7 Å². The molecule has 0 bridgehead atoms. The largest absolute Gasteiger partial charge is 0.508 e. The van der Waals surface area contributed by atoms with Crippen LogP contribution in [0.2, 0.25) is 0 Å². The van der Waals surface area contributed by atoms with Crippen LogP contribution in [0.25, 0.3) is 0 Å². The number of nitrogens with zero attached hydrogens (tertiary/aromatic N) is 4. The minimum absolute atomic E-state index is 0.000734. The standard InChI is InChI=1S/C52H80N4O12/c1-31(2)23-41-49(61)67-45(27-37-15-19-39(57)20-16-37)47(59)55(13)44(26-34(7)8)52(64)66-36(10)30-54(12)42(24-32(3)4)50(62)68-46(28-38-17-21-40(58)22-18-38)48(60)56(14)43(25-33(5)6)51(63)65-35(9)29-53(41)11/h15-22,31-36,41-46,57-58H,23-30H2,1-14H3/t35-,36-,41+,42+,43+,44+,45-,46-/m1/s1. The fourth-order valence-corrected chi connectivity index (χ4v) is 8.47. The quantitative estimate of drug-likeness (QED) is 0.185. The van der Waals surface area contributed by atoms with E-state index in [4.69, 9.17) is 18.9 Å². The zero-order chi connectivity index (χ0) is 51.2. The van der Waals surface area contributed by atoms with Crippen LogP contribution < -0.4 is 0 Å². The number of hydrogen-bond acceptors (Lipinski definition) is 14. The van der Waals surface area contributed by atoms with Gasteiger partial charge in [0.15, 0.2) is 12.2 Å². The molecule has 2 aromatic carbocycles. The number of cyclic esters (lactones) is 4. The van der Waals surface area contributed by atoms with E-state index < -0.39 is 84.3 Å². The predicted molar refractivity (Wildman–Crippen MR) is 258 cm³/mol. The maximum atomic E-state index is 14.7. The van der Waals surface area contributed by atoms with Gasteiger partial charge in [-0.1, -0.05) is 79.7 Å². The number of rotatable bonds is 12. The van der Waals surface area contributed by atoms with Crippen LogP contribution in [-0.2, 0) is 60.6 Å². The summed E-state index contributed by atoms with van der Waals surface area (Å²) in [4.78, 5) is 92.6. The van der Waals surface area contributed by atoms with Crippen molar-refractivity contribution in [3.63, 3.8) is 0 Å². The van der Waals surface area contributed by atoms with Gasteiger partial charge in [-0.05, 0) is 113 Å². The van der Waals surface area contributed by atoms with E-state index in [2.05, 4.69) is 0 Å². The maximum Gasteiger partial charge on any atom is 0.329 e. The molecule has 0 radical (unpaired) electrons. The fraction of sp³-hybridized carbons (Fsp3) is 0.654. The van der Waals surface area contributed by atoms with Crippen molar-refractivity contribution >= 4 is 35.7 Å². The maximum absolute atomic E-state index is 14.7. The molecule has 3 rings (SSSR count). The molecule has 380 valence electrons. The highest BCUT2D eigenvalue weighted by atomic mass is 16.6. The molecular formula is C52H80N4O12. The Balaban J connectivity index is 2.19. The van der Waals surface area contributed by atoms with Gasteiger partial charge in [0, 0.05) is 40.0 Å². The smallest absolute Gasteiger partial charge is 0.329 e. The minimum Gasteiger partial charge on any atom is -0.508 e. The molecule has 0 spiro atoms. The molecule has 0 aromatic heterocycles. The van der Waals surface area contributed by atoms with E-state index in [-0.39, 0.29) is 73.9 Å². The SMILES string of the molecule is CC(C)C[C@H]1C(=O)O[C@H](Cc2ccc(O)cc2)C(=O)N(C)[C@@H](CC(C)C)C(=O)O[C@H](C)CN(C)[C@@H](CC(C)C)C(=O)O[C@H](Cc2ccc(O)cc2)C(=O)N(C)[C@@H](CC(C)C)C(=O)O[C@H](C)CN1C. The second-order valence-corrected chi connectivity index (χ2v) is 20.4. The van der Waals surface area contributed by atoms with Crippen molar-refractivity contribution in [1.82, 2.24) is 19.6 Å². The highest BCUT2D eigenvalue weighted by Gasteiger charge is 2.40. The number of carbonyl (C=O) groups excluding carboxylic acids is 6. The Bertz CT molecular complexity index is 1820. The van der Waals surface area contributed by atoms with E-state index in [0.717, 1.165) is 0 Å². The van der Waals surface area contributed by atoms with Crippen molar-refractivity contribution in [2.45, 2.75) is 156 Å². The number of phenols is 2. The summed E-state index contributed by atoms with van der Waals surface area (Å²) in [6.45, 7) is 19.0. The number of esters is 4. The molecule has 8 atom stereocenters. The van der Waals surface area contributed by atoms with Crippen LogP contribution >= 0.6 is 0 Å². The average molecular weight is 953 g/mol. The lowest BCUT2D eigenvalue weighted by Gasteiger charge is -2.35. The predicted octanol–water partition coefficient (Wildman–Crippen LogP) is 6.02. The third kappa shape index (κ3) is 17.7. The molecule has 1 aliphatic rings. The molecule has 68 heavy (non-hydrogen) atoms. The van der Waals surface area contributed by atoms with E-state index in [0.29, 0.717) is 24.0 Å². The lowest BCUT2D eigenvalue weighted by atomic mass is 10.00. The topological polar surface area (TPSA) is 193 Å². The summed E-state index contributed by atoms with van der Waals surface area (Å²) < 4.78 is 24.4. The Morgan fingerprint density at radius 3 is 1.00 bits per heavy atom. The number of benzene rings is 2.